The third kappa shape index (κ3) is 7.27. The second-order valence-corrected chi connectivity index (χ2v) is 6.90. The predicted octanol–water partition coefficient (Wildman–Crippen LogP) is 2.68. The Labute approximate surface area is 177 Å². The van der Waals surface area contributed by atoms with Gasteiger partial charge in [-0.05, 0) is 30.5 Å². The molecule has 1 aromatic heterocycles. The van der Waals surface area contributed by atoms with E-state index in [0.717, 1.165) is 19.3 Å². The number of methoxy groups -OCH3 is 2. The standard InChI is InChI=1S/C22H31N3O5/c1-4-5-6-17-7-9-18(10-8-17)22(27)25(12-14-29-3)15-20-24-19(16-30-20)21(26)23-11-13-28-2/h7-10,16H,4-6,11-15H2,1-3H3,(H,23,26). The fourth-order valence-electron chi connectivity index (χ4n) is 2.84. The molecular formula is C22H31N3O5. The maximum atomic E-state index is 13.0. The first-order chi connectivity index (χ1) is 14.6. The van der Waals surface area contributed by atoms with E-state index < -0.39 is 0 Å². The van der Waals surface area contributed by atoms with Gasteiger partial charge in [-0.1, -0.05) is 25.5 Å². The average Bonchev–Trinajstić information content (AvgIpc) is 3.24. The van der Waals surface area contributed by atoms with Crippen LogP contribution in [0.1, 0.15) is 52.1 Å². The van der Waals surface area contributed by atoms with Gasteiger partial charge in [0.1, 0.15) is 6.26 Å². The number of unbranched alkanes of at least 4 members (excludes halogenated alkanes) is 1. The van der Waals surface area contributed by atoms with Crippen LogP contribution < -0.4 is 5.32 Å². The highest BCUT2D eigenvalue weighted by Crippen LogP contribution is 2.13. The number of aromatic nitrogens is 1. The maximum absolute atomic E-state index is 13.0. The highest BCUT2D eigenvalue weighted by atomic mass is 16.5. The molecule has 1 N–H and O–H groups in total. The van der Waals surface area contributed by atoms with Gasteiger partial charge >= 0.3 is 0 Å². The molecule has 0 atom stereocenters. The van der Waals surface area contributed by atoms with Gasteiger partial charge in [0.2, 0.25) is 5.89 Å². The molecule has 0 unspecified atom stereocenters. The lowest BCUT2D eigenvalue weighted by molar-refractivity contribution is 0.0662. The highest BCUT2D eigenvalue weighted by Gasteiger charge is 2.20. The molecule has 0 fully saturated rings. The Bertz CT molecular complexity index is 788. The molecule has 2 amide bonds. The van der Waals surface area contributed by atoms with Crippen LogP contribution in [0, 0.1) is 0 Å². The summed E-state index contributed by atoms with van der Waals surface area (Å²) in [4.78, 5) is 30.9. The Kier molecular flexibility index (Phi) is 10.0. The minimum absolute atomic E-state index is 0.140. The minimum Gasteiger partial charge on any atom is -0.446 e. The molecule has 2 rings (SSSR count). The summed E-state index contributed by atoms with van der Waals surface area (Å²) in [5.41, 5.74) is 1.98. The maximum Gasteiger partial charge on any atom is 0.273 e. The van der Waals surface area contributed by atoms with Gasteiger partial charge in [-0.15, -0.1) is 0 Å². The van der Waals surface area contributed by atoms with Gasteiger partial charge in [-0.25, -0.2) is 4.98 Å². The Morgan fingerprint density at radius 2 is 1.87 bits per heavy atom. The lowest BCUT2D eigenvalue weighted by atomic mass is 10.1. The van der Waals surface area contributed by atoms with Gasteiger partial charge in [0.25, 0.3) is 11.8 Å². The summed E-state index contributed by atoms with van der Waals surface area (Å²) in [6.45, 7) is 3.85. The van der Waals surface area contributed by atoms with Gasteiger partial charge in [0, 0.05) is 32.9 Å². The van der Waals surface area contributed by atoms with Crippen molar-refractivity contribution >= 4 is 11.8 Å². The van der Waals surface area contributed by atoms with Crippen molar-refractivity contribution in [1.29, 1.82) is 0 Å². The molecule has 30 heavy (non-hydrogen) atoms. The SMILES string of the molecule is CCCCc1ccc(C(=O)N(CCOC)Cc2nc(C(=O)NCCOC)co2)cc1. The van der Waals surface area contributed by atoms with Crippen LogP contribution in [0.15, 0.2) is 34.9 Å². The van der Waals surface area contributed by atoms with E-state index in [-0.39, 0.29) is 29.9 Å². The molecule has 0 spiro atoms. The van der Waals surface area contributed by atoms with Crippen molar-refractivity contribution < 1.29 is 23.5 Å². The van der Waals surface area contributed by atoms with Gasteiger partial charge in [-0.3, -0.25) is 9.59 Å². The topological polar surface area (TPSA) is 93.9 Å². The number of nitrogens with one attached hydrogen (secondary N) is 1. The van der Waals surface area contributed by atoms with Crippen molar-refractivity contribution in [2.45, 2.75) is 32.7 Å². The second-order valence-electron chi connectivity index (χ2n) is 6.90. The number of oxazole rings is 1. The van der Waals surface area contributed by atoms with Crippen LogP contribution in [-0.2, 0) is 22.4 Å². The first-order valence-corrected chi connectivity index (χ1v) is 10.2. The molecular weight excluding hydrogens is 386 g/mol. The van der Waals surface area contributed by atoms with Crippen LogP contribution in [0.3, 0.4) is 0 Å². The number of benzene rings is 1. The lowest BCUT2D eigenvalue weighted by Gasteiger charge is -2.21. The molecule has 0 saturated heterocycles. The van der Waals surface area contributed by atoms with Crippen LogP contribution in [-0.4, -0.2) is 62.2 Å². The van der Waals surface area contributed by atoms with E-state index >= 15 is 0 Å². The van der Waals surface area contributed by atoms with Crippen molar-refractivity contribution in [3.05, 3.63) is 53.2 Å². The Morgan fingerprint density at radius 1 is 1.13 bits per heavy atom. The largest absolute Gasteiger partial charge is 0.446 e. The van der Waals surface area contributed by atoms with E-state index in [9.17, 15) is 9.59 Å². The number of aryl methyl sites for hydroxylation is 1. The zero-order valence-corrected chi connectivity index (χ0v) is 18.0. The summed E-state index contributed by atoms with van der Waals surface area (Å²) in [6.07, 6.45) is 4.55. The van der Waals surface area contributed by atoms with Gasteiger partial charge in [0.15, 0.2) is 5.69 Å². The van der Waals surface area contributed by atoms with Crippen molar-refractivity contribution in [1.82, 2.24) is 15.2 Å². The number of amides is 2. The fourth-order valence-corrected chi connectivity index (χ4v) is 2.84. The molecule has 0 bridgehead atoms. The van der Waals surface area contributed by atoms with Gasteiger partial charge in [0.05, 0.1) is 19.8 Å². The highest BCUT2D eigenvalue weighted by molar-refractivity contribution is 5.94. The normalized spacial score (nSPS) is 10.8. The fraction of sp³-hybridized carbons (Fsp3) is 0.500. The third-order valence-corrected chi connectivity index (χ3v) is 4.57. The van der Waals surface area contributed by atoms with Crippen LogP contribution in [0.5, 0.6) is 0 Å². The minimum atomic E-state index is -0.348. The van der Waals surface area contributed by atoms with Crippen LogP contribution >= 0.6 is 0 Å². The molecule has 1 heterocycles. The van der Waals surface area contributed by atoms with E-state index in [1.807, 2.05) is 24.3 Å². The molecule has 0 saturated carbocycles. The Morgan fingerprint density at radius 3 is 2.53 bits per heavy atom. The van der Waals surface area contributed by atoms with E-state index in [2.05, 4.69) is 17.2 Å². The predicted molar refractivity (Wildman–Crippen MR) is 112 cm³/mol. The lowest BCUT2D eigenvalue weighted by Crippen LogP contribution is -2.33. The van der Waals surface area contributed by atoms with Crippen molar-refractivity contribution in [2.24, 2.45) is 0 Å². The van der Waals surface area contributed by atoms with Gasteiger partial charge < -0.3 is 24.1 Å². The molecule has 164 valence electrons. The first-order valence-electron chi connectivity index (χ1n) is 10.2. The molecule has 0 aliphatic heterocycles. The number of carbonyl (C=O) groups is 2. The molecule has 0 aliphatic rings. The molecule has 8 nitrogen and oxygen atoms in total. The van der Waals surface area contributed by atoms with E-state index in [0.29, 0.717) is 31.9 Å². The van der Waals surface area contributed by atoms with Crippen molar-refractivity contribution in [2.75, 3.05) is 40.5 Å². The number of ether oxygens (including phenoxy) is 2. The summed E-state index contributed by atoms with van der Waals surface area (Å²) < 4.78 is 15.5. The number of nitrogens with zero attached hydrogens (tertiary/aromatic N) is 2. The second kappa shape index (κ2) is 12.8. The average molecular weight is 418 g/mol. The van der Waals surface area contributed by atoms with E-state index in [1.165, 1.54) is 11.8 Å². The summed E-state index contributed by atoms with van der Waals surface area (Å²) in [6, 6.07) is 7.67. The van der Waals surface area contributed by atoms with Crippen LogP contribution in [0.2, 0.25) is 0 Å². The quantitative estimate of drug-likeness (QED) is 0.504. The first kappa shape index (κ1) is 23.6. The van der Waals surface area contributed by atoms with Crippen molar-refractivity contribution in [3.8, 4) is 0 Å². The summed E-state index contributed by atoms with van der Waals surface area (Å²) in [5, 5.41) is 2.68. The number of hydrogen-bond acceptors (Lipinski definition) is 6. The summed E-state index contributed by atoms with van der Waals surface area (Å²) in [5.74, 6) is -0.200. The molecule has 1 aromatic carbocycles. The Hall–Kier alpha value is -2.71. The van der Waals surface area contributed by atoms with E-state index in [1.54, 1.807) is 19.1 Å². The van der Waals surface area contributed by atoms with Crippen LogP contribution in [0.4, 0.5) is 0 Å². The van der Waals surface area contributed by atoms with Crippen LogP contribution in [0.25, 0.3) is 0 Å². The summed E-state index contributed by atoms with van der Waals surface area (Å²) in [7, 11) is 3.14. The molecule has 8 heteroatoms. The zero-order chi connectivity index (χ0) is 21.8. The third-order valence-electron chi connectivity index (χ3n) is 4.57. The summed E-state index contributed by atoms with van der Waals surface area (Å²) >= 11 is 0. The molecule has 2 aromatic rings. The number of rotatable bonds is 13. The zero-order valence-electron chi connectivity index (χ0n) is 18.0. The smallest absolute Gasteiger partial charge is 0.273 e. The van der Waals surface area contributed by atoms with Crippen molar-refractivity contribution in [3.63, 3.8) is 0 Å². The number of carbonyl (C=O) groups excluding carboxylic acids is 2. The van der Waals surface area contributed by atoms with E-state index in [4.69, 9.17) is 13.9 Å². The van der Waals surface area contributed by atoms with Gasteiger partial charge in [-0.2, -0.15) is 0 Å². The molecule has 0 aliphatic carbocycles. The monoisotopic (exact) mass is 417 g/mol. The number of hydrogen-bond donors (Lipinski definition) is 1. The Balaban J connectivity index is 2.04. The molecule has 0 radical (unpaired) electrons.